The molecule has 154 valence electrons. The van der Waals surface area contributed by atoms with Crippen LogP contribution in [0.25, 0.3) is 6.08 Å². The number of nitrogens with zero attached hydrogens (tertiary/aromatic N) is 1. The topological polar surface area (TPSA) is 58.6 Å². The molecule has 0 bridgehead atoms. The first-order chi connectivity index (χ1) is 13.0. The van der Waals surface area contributed by atoms with Crippen molar-refractivity contribution in [1.82, 2.24) is 4.90 Å². The molecule has 9 heteroatoms. The minimum atomic E-state index is -2.65. The third-order valence-corrected chi connectivity index (χ3v) is 9.96. The van der Waals surface area contributed by atoms with Gasteiger partial charge in [0.05, 0.1) is 0 Å². The molecule has 0 saturated heterocycles. The van der Waals surface area contributed by atoms with Gasteiger partial charge in [-0.05, 0) is 17.8 Å². The van der Waals surface area contributed by atoms with E-state index in [4.69, 9.17) is 26.6 Å². The minimum Gasteiger partial charge on any atom is -0.377 e. The Labute approximate surface area is 165 Å². The van der Waals surface area contributed by atoms with Crippen molar-refractivity contribution >= 4 is 23.7 Å². The Bertz CT molecular complexity index is 497. The van der Waals surface area contributed by atoms with Crippen LogP contribution in [-0.2, 0) is 26.6 Å². The van der Waals surface area contributed by atoms with E-state index >= 15 is 0 Å². The standard InChI is InChI=1S/C18H33NO6Si2/c1-20-26(21-2,22-3)16-14-19(13-12-18-10-8-7-9-11-18)15-17-27(23-4,24-5)25-6/h7-13H,14-17H2,1-6H3. The predicted molar refractivity (Wildman–Crippen MR) is 110 cm³/mol. The Balaban J connectivity index is 2.86. The van der Waals surface area contributed by atoms with Crippen LogP contribution in [0.3, 0.4) is 0 Å². The quantitative estimate of drug-likeness (QED) is 0.433. The van der Waals surface area contributed by atoms with Gasteiger partial charge < -0.3 is 31.5 Å². The van der Waals surface area contributed by atoms with E-state index in [9.17, 15) is 0 Å². The van der Waals surface area contributed by atoms with Gasteiger partial charge in [0.2, 0.25) is 0 Å². The molecule has 0 spiro atoms. The van der Waals surface area contributed by atoms with Crippen LogP contribution in [0.4, 0.5) is 0 Å². The first-order valence-electron chi connectivity index (χ1n) is 8.80. The smallest absolute Gasteiger partial charge is 0.377 e. The van der Waals surface area contributed by atoms with E-state index in [0.717, 1.165) is 5.56 Å². The molecule has 0 aromatic heterocycles. The molecule has 0 aliphatic heterocycles. The van der Waals surface area contributed by atoms with Gasteiger partial charge in [0.15, 0.2) is 0 Å². The summed E-state index contributed by atoms with van der Waals surface area (Å²) in [6, 6.07) is 11.5. The van der Waals surface area contributed by atoms with Gasteiger partial charge in [-0.15, -0.1) is 0 Å². The first kappa shape index (κ1) is 24.0. The molecule has 0 aliphatic carbocycles. The average molecular weight is 416 g/mol. The van der Waals surface area contributed by atoms with Crippen LogP contribution in [0.1, 0.15) is 5.56 Å². The SMILES string of the molecule is CO[Si](CCN(C=Cc1ccccc1)CC[Si](OC)(OC)OC)(OC)OC. The maximum atomic E-state index is 5.54. The summed E-state index contributed by atoms with van der Waals surface area (Å²) in [6.07, 6.45) is 4.14. The molecule has 27 heavy (non-hydrogen) atoms. The largest absolute Gasteiger partial charge is 0.501 e. The Kier molecular flexibility index (Phi) is 11.0. The zero-order valence-electron chi connectivity index (χ0n) is 17.3. The van der Waals surface area contributed by atoms with Crippen molar-refractivity contribution in [2.24, 2.45) is 0 Å². The minimum absolute atomic E-state index is 0.664. The molecule has 1 aromatic carbocycles. The van der Waals surface area contributed by atoms with Crippen molar-refractivity contribution < 1.29 is 26.6 Å². The van der Waals surface area contributed by atoms with Crippen LogP contribution in [0.2, 0.25) is 12.1 Å². The molecule has 0 radical (unpaired) electrons. The molecule has 0 unspecified atom stereocenters. The fraction of sp³-hybridized carbons (Fsp3) is 0.556. The van der Waals surface area contributed by atoms with Gasteiger partial charge in [-0.25, -0.2) is 0 Å². The van der Waals surface area contributed by atoms with Gasteiger partial charge in [-0.3, -0.25) is 0 Å². The number of benzene rings is 1. The summed E-state index contributed by atoms with van der Waals surface area (Å²) >= 11 is 0. The predicted octanol–water partition coefficient (Wildman–Crippen LogP) is 2.72. The van der Waals surface area contributed by atoms with Gasteiger partial charge >= 0.3 is 17.6 Å². The van der Waals surface area contributed by atoms with Crippen LogP contribution in [0, 0.1) is 0 Å². The van der Waals surface area contributed by atoms with E-state index < -0.39 is 17.6 Å². The lowest BCUT2D eigenvalue weighted by Crippen LogP contribution is -2.47. The molecular formula is C18H33NO6Si2. The number of hydrogen-bond acceptors (Lipinski definition) is 7. The molecule has 0 atom stereocenters. The van der Waals surface area contributed by atoms with E-state index in [2.05, 4.69) is 29.3 Å². The molecule has 1 aromatic rings. The van der Waals surface area contributed by atoms with Crippen LogP contribution < -0.4 is 0 Å². The van der Waals surface area contributed by atoms with Crippen LogP contribution in [0.15, 0.2) is 36.5 Å². The summed E-state index contributed by atoms with van der Waals surface area (Å²) in [5.74, 6) is 0. The molecule has 0 N–H and O–H groups in total. The molecule has 0 amide bonds. The van der Waals surface area contributed by atoms with Crippen LogP contribution in [-0.4, -0.2) is 78.3 Å². The van der Waals surface area contributed by atoms with Crippen molar-refractivity contribution in [3.05, 3.63) is 42.1 Å². The van der Waals surface area contributed by atoms with Gasteiger partial charge in [-0.2, -0.15) is 0 Å². The van der Waals surface area contributed by atoms with E-state index in [0.29, 0.717) is 25.2 Å². The summed E-state index contributed by atoms with van der Waals surface area (Å²) in [5.41, 5.74) is 1.13. The molecular weight excluding hydrogens is 382 g/mol. The molecule has 7 nitrogen and oxygen atoms in total. The highest BCUT2D eigenvalue weighted by Crippen LogP contribution is 2.17. The molecule has 0 saturated carbocycles. The van der Waals surface area contributed by atoms with Crippen LogP contribution in [0.5, 0.6) is 0 Å². The lowest BCUT2D eigenvalue weighted by molar-refractivity contribution is 0.116. The van der Waals surface area contributed by atoms with Crippen molar-refractivity contribution in [2.45, 2.75) is 12.1 Å². The second kappa shape index (κ2) is 12.4. The third kappa shape index (κ3) is 7.47. The number of rotatable bonds is 14. The Morgan fingerprint density at radius 1 is 0.704 bits per heavy atom. The fourth-order valence-electron chi connectivity index (χ4n) is 2.69. The Morgan fingerprint density at radius 3 is 1.48 bits per heavy atom. The Hall–Kier alpha value is -1.05. The van der Waals surface area contributed by atoms with E-state index in [-0.39, 0.29) is 0 Å². The zero-order valence-corrected chi connectivity index (χ0v) is 19.3. The van der Waals surface area contributed by atoms with Crippen molar-refractivity contribution in [3.8, 4) is 0 Å². The highest BCUT2D eigenvalue weighted by atomic mass is 28.4. The summed E-state index contributed by atoms with van der Waals surface area (Å²) in [5, 5.41) is 0. The molecule has 1 rings (SSSR count). The number of hydrogen-bond donors (Lipinski definition) is 0. The lowest BCUT2D eigenvalue weighted by atomic mass is 10.2. The molecule has 0 aliphatic rings. The van der Waals surface area contributed by atoms with E-state index in [1.165, 1.54) is 0 Å². The average Bonchev–Trinajstić information content (AvgIpc) is 2.74. The van der Waals surface area contributed by atoms with Gasteiger partial charge in [0.25, 0.3) is 0 Å². The van der Waals surface area contributed by atoms with Gasteiger partial charge in [0, 0.05) is 67.8 Å². The molecule has 0 fully saturated rings. The maximum Gasteiger partial charge on any atom is 0.501 e. The normalized spacial score (nSPS) is 12.7. The summed E-state index contributed by atoms with van der Waals surface area (Å²) < 4.78 is 33.2. The van der Waals surface area contributed by atoms with E-state index in [1.54, 1.807) is 42.7 Å². The third-order valence-electron chi connectivity index (χ3n) is 4.55. The van der Waals surface area contributed by atoms with Gasteiger partial charge in [-0.1, -0.05) is 30.3 Å². The van der Waals surface area contributed by atoms with Crippen molar-refractivity contribution in [1.29, 1.82) is 0 Å². The Morgan fingerprint density at radius 2 is 1.11 bits per heavy atom. The monoisotopic (exact) mass is 415 g/mol. The second-order valence-electron chi connectivity index (χ2n) is 5.85. The summed E-state index contributed by atoms with van der Waals surface area (Å²) in [7, 11) is 4.47. The second-order valence-corrected chi connectivity index (χ2v) is 12.0. The zero-order chi connectivity index (χ0) is 20.2. The van der Waals surface area contributed by atoms with Crippen molar-refractivity contribution in [3.63, 3.8) is 0 Å². The fourth-order valence-corrected chi connectivity index (χ4v) is 6.04. The summed E-state index contributed by atoms with van der Waals surface area (Å²) in [4.78, 5) is 2.19. The van der Waals surface area contributed by atoms with Crippen LogP contribution >= 0.6 is 0 Å². The first-order valence-corrected chi connectivity index (χ1v) is 12.7. The van der Waals surface area contributed by atoms with Crippen molar-refractivity contribution in [2.75, 3.05) is 55.7 Å². The maximum absolute atomic E-state index is 5.54. The van der Waals surface area contributed by atoms with Gasteiger partial charge in [0.1, 0.15) is 0 Å². The highest BCUT2D eigenvalue weighted by Gasteiger charge is 2.40. The highest BCUT2D eigenvalue weighted by molar-refractivity contribution is 6.61. The lowest BCUT2D eigenvalue weighted by Gasteiger charge is -2.30. The molecule has 0 heterocycles. The summed E-state index contributed by atoms with van der Waals surface area (Å²) in [6.45, 7) is 1.43. The van der Waals surface area contributed by atoms with E-state index in [1.807, 2.05) is 18.2 Å².